The van der Waals surface area contributed by atoms with Crippen molar-refractivity contribution in [2.75, 3.05) is 26.4 Å². The molecule has 2 aromatic carbocycles. The van der Waals surface area contributed by atoms with E-state index in [1.54, 1.807) is 0 Å². The van der Waals surface area contributed by atoms with Gasteiger partial charge in [-0.05, 0) is 73.4 Å². The summed E-state index contributed by atoms with van der Waals surface area (Å²) in [5, 5.41) is 18.2. The first-order chi connectivity index (χ1) is 14.1. The van der Waals surface area contributed by atoms with Crippen LogP contribution in [-0.2, 0) is 5.41 Å². The van der Waals surface area contributed by atoms with Gasteiger partial charge in [-0.25, -0.2) is 0 Å². The molecule has 4 heteroatoms. The topological polar surface area (TPSA) is 58.9 Å². The molecule has 0 atom stereocenters. The van der Waals surface area contributed by atoms with Gasteiger partial charge in [0, 0.05) is 5.41 Å². The highest BCUT2D eigenvalue weighted by Crippen LogP contribution is 2.42. The Hall–Kier alpha value is -2.04. The molecule has 2 rings (SSSR count). The molecule has 0 saturated heterocycles. The van der Waals surface area contributed by atoms with E-state index < -0.39 is 0 Å². The third-order valence-corrected chi connectivity index (χ3v) is 5.69. The van der Waals surface area contributed by atoms with Crippen molar-refractivity contribution >= 4 is 0 Å². The number of hydrogen-bond donors (Lipinski definition) is 2. The quantitative estimate of drug-likeness (QED) is 0.573. The molecule has 0 aromatic heterocycles. The summed E-state index contributed by atoms with van der Waals surface area (Å²) >= 11 is 0. The molecule has 4 nitrogen and oxygen atoms in total. The molecule has 0 saturated carbocycles. The molecule has 0 spiro atoms. The van der Waals surface area contributed by atoms with Crippen LogP contribution in [0.1, 0.15) is 60.6 Å². The first-order valence-corrected chi connectivity index (χ1v) is 10.8. The lowest BCUT2D eigenvalue weighted by Crippen LogP contribution is -2.27. The Bertz CT molecular complexity index is 745. The van der Waals surface area contributed by atoms with E-state index in [9.17, 15) is 0 Å². The van der Waals surface area contributed by atoms with E-state index >= 15 is 0 Å². The Labute approximate surface area is 181 Å². The van der Waals surface area contributed by atoms with Crippen molar-refractivity contribution in [3.05, 3.63) is 57.6 Å². The van der Waals surface area contributed by atoms with E-state index in [1.807, 2.05) is 0 Å². The average Bonchev–Trinajstić information content (AvgIpc) is 2.66. The number of aliphatic hydroxyl groups excluding tert-OH is 2. The highest BCUT2D eigenvalue weighted by molar-refractivity contribution is 5.52. The molecule has 0 radical (unpaired) electrons. The van der Waals surface area contributed by atoms with Crippen LogP contribution >= 0.6 is 0 Å². The van der Waals surface area contributed by atoms with Gasteiger partial charge in [0.1, 0.15) is 24.7 Å². The number of rotatable bonds is 10. The van der Waals surface area contributed by atoms with Gasteiger partial charge in [-0.15, -0.1) is 0 Å². The fourth-order valence-corrected chi connectivity index (χ4v) is 4.51. The summed E-state index contributed by atoms with van der Waals surface area (Å²) in [6, 6.07) is 8.90. The maximum atomic E-state index is 9.12. The van der Waals surface area contributed by atoms with Crippen molar-refractivity contribution in [2.45, 2.75) is 60.3 Å². The molecule has 166 valence electrons. The fraction of sp³-hybridized carbons (Fsp3) is 0.538. The lowest BCUT2D eigenvalue weighted by atomic mass is 9.70. The molecular formula is C26H38O4. The van der Waals surface area contributed by atoms with E-state index in [1.165, 1.54) is 11.1 Å². The molecule has 0 fully saturated rings. The summed E-state index contributed by atoms with van der Waals surface area (Å²) in [5.74, 6) is 2.24. The van der Waals surface area contributed by atoms with E-state index in [-0.39, 0.29) is 18.6 Å². The Kier molecular flexibility index (Phi) is 8.34. The first kappa shape index (κ1) is 24.2. The van der Waals surface area contributed by atoms with Crippen LogP contribution in [0, 0.1) is 33.6 Å². The second kappa shape index (κ2) is 10.3. The summed E-state index contributed by atoms with van der Waals surface area (Å²) in [6.45, 7) is 15.7. The molecule has 30 heavy (non-hydrogen) atoms. The largest absolute Gasteiger partial charge is 0.491 e. The van der Waals surface area contributed by atoms with Crippen LogP contribution in [0.5, 0.6) is 11.5 Å². The van der Waals surface area contributed by atoms with Crippen molar-refractivity contribution in [1.29, 1.82) is 0 Å². The molecule has 2 aromatic rings. The molecular weight excluding hydrogens is 376 g/mol. The number of aliphatic hydroxyl groups is 2. The van der Waals surface area contributed by atoms with Gasteiger partial charge in [-0.1, -0.05) is 45.0 Å². The second-order valence-electron chi connectivity index (χ2n) is 8.95. The Morgan fingerprint density at radius 1 is 0.733 bits per heavy atom. The molecule has 0 heterocycles. The van der Waals surface area contributed by atoms with Gasteiger partial charge >= 0.3 is 0 Å². The monoisotopic (exact) mass is 414 g/mol. The van der Waals surface area contributed by atoms with Crippen molar-refractivity contribution in [3.8, 4) is 11.5 Å². The zero-order chi connectivity index (χ0) is 22.5. The lowest BCUT2D eigenvalue weighted by molar-refractivity contribution is 0.199. The standard InChI is InChI=1S/C26H38O4/c1-17(2)16-26(7,22-12-18(3)24(19(4)13-22)29-10-8-27)23-14-20(5)25(21(6)15-23)30-11-9-28/h12-15,17,27-28H,8-11,16H2,1-7H3. The highest BCUT2D eigenvalue weighted by atomic mass is 16.5. The van der Waals surface area contributed by atoms with E-state index in [0.29, 0.717) is 19.1 Å². The van der Waals surface area contributed by atoms with Crippen LogP contribution in [0.25, 0.3) is 0 Å². The zero-order valence-corrected chi connectivity index (χ0v) is 19.6. The van der Waals surface area contributed by atoms with Crippen LogP contribution in [0.2, 0.25) is 0 Å². The minimum absolute atomic E-state index is 0.00888. The Balaban J connectivity index is 2.59. The zero-order valence-electron chi connectivity index (χ0n) is 19.6. The van der Waals surface area contributed by atoms with Crippen molar-refractivity contribution < 1.29 is 19.7 Å². The summed E-state index contributed by atoms with van der Waals surface area (Å²) in [6.07, 6.45) is 1.01. The van der Waals surface area contributed by atoms with E-state index in [4.69, 9.17) is 19.7 Å². The van der Waals surface area contributed by atoms with Gasteiger partial charge in [-0.3, -0.25) is 0 Å². The summed E-state index contributed by atoms with van der Waals surface area (Å²) < 4.78 is 11.6. The van der Waals surface area contributed by atoms with Gasteiger partial charge < -0.3 is 19.7 Å². The van der Waals surface area contributed by atoms with Crippen LogP contribution < -0.4 is 9.47 Å². The number of ether oxygens (including phenoxy) is 2. The van der Waals surface area contributed by atoms with E-state index in [0.717, 1.165) is 40.2 Å². The van der Waals surface area contributed by atoms with Crippen molar-refractivity contribution in [3.63, 3.8) is 0 Å². The lowest BCUT2D eigenvalue weighted by Gasteiger charge is -2.35. The normalized spacial score (nSPS) is 11.8. The number of hydrogen-bond acceptors (Lipinski definition) is 4. The summed E-state index contributed by atoms with van der Waals surface area (Å²) in [7, 11) is 0. The van der Waals surface area contributed by atoms with Gasteiger partial charge in [0.15, 0.2) is 0 Å². The predicted molar refractivity (Wildman–Crippen MR) is 123 cm³/mol. The minimum atomic E-state index is -0.162. The molecule has 0 aliphatic heterocycles. The molecule has 0 aliphatic carbocycles. The minimum Gasteiger partial charge on any atom is -0.491 e. The smallest absolute Gasteiger partial charge is 0.125 e. The van der Waals surface area contributed by atoms with Crippen molar-refractivity contribution in [2.24, 2.45) is 5.92 Å². The maximum Gasteiger partial charge on any atom is 0.125 e. The van der Waals surface area contributed by atoms with E-state index in [2.05, 4.69) is 72.7 Å². The molecule has 0 bridgehead atoms. The maximum absolute atomic E-state index is 9.12. The predicted octanol–water partition coefficient (Wildman–Crippen LogP) is 5.01. The van der Waals surface area contributed by atoms with Gasteiger partial charge in [-0.2, -0.15) is 0 Å². The SMILES string of the molecule is Cc1cc(C(C)(CC(C)C)c2cc(C)c(OCCO)c(C)c2)cc(C)c1OCCO. The third-order valence-electron chi connectivity index (χ3n) is 5.69. The van der Waals surface area contributed by atoms with Gasteiger partial charge in [0.2, 0.25) is 0 Å². The van der Waals surface area contributed by atoms with Crippen molar-refractivity contribution in [1.82, 2.24) is 0 Å². The van der Waals surface area contributed by atoms with Crippen LogP contribution in [0.4, 0.5) is 0 Å². The van der Waals surface area contributed by atoms with Crippen LogP contribution in [-0.4, -0.2) is 36.6 Å². The Morgan fingerprint density at radius 2 is 1.07 bits per heavy atom. The van der Waals surface area contributed by atoms with Crippen LogP contribution in [0.15, 0.2) is 24.3 Å². The van der Waals surface area contributed by atoms with Crippen LogP contribution in [0.3, 0.4) is 0 Å². The second-order valence-corrected chi connectivity index (χ2v) is 8.95. The molecule has 2 N–H and O–H groups in total. The molecule has 0 unspecified atom stereocenters. The van der Waals surface area contributed by atoms with Gasteiger partial charge in [0.25, 0.3) is 0 Å². The first-order valence-electron chi connectivity index (χ1n) is 10.8. The summed E-state index contributed by atoms with van der Waals surface area (Å²) in [4.78, 5) is 0. The molecule has 0 aliphatic rings. The molecule has 0 amide bonds. The summed E-state index contributed by atoms with van der Waals surface area (Å²) in [5.41, 5.74) is 6.73. The highest BCUT2D eigenvalue weighted by Gasteiger charge is 2.32. The third kappa shape index (κ3) is 5.35. The number of aryl methyl sites for hydroxylation is 4. The fourth-order valence-electron chi connectivity index (χ4n) is 4.51. The van der Waals surface area contributed by atoms with Gasteiger partial charge in [0.05, 0.1) is 13.2 Å². The Morgan fingerprint density at radius 3 is 1.33 bits per heavy atom. The number of benzene rings is 2. The average molecular weight is 415 g/mol.